The molecule has 7 heteroatoms. The van der Waals surface area contributed by atoms with Crippen LogP contribution in [-0.4, -0.2) is 29.5 Å². The summed E-state index contributed by atoms with van der Waals surface area (Å²) >= 11 is 3.47. The number of benzene rings is 1. The third kappa shape index (κ3) is 5.92. The van der Waals surface area contributed by atoms with Gasteiger partial charge in [0.15, 0.2) is 18.3 Å². The number of carbonyl (C=O) groups excluding carboxylic acids is 2. The SMILES string of the molecule is O=C(COC(=O)CCc1ncc(-c2ccccc2Br)o1)NC1CCCCC1. The molecule has 1 fully saturated rings. The monoisotopic (exact) mass is 434 g/mol. The van der Waals surface area contributed by atoms with Gasteiger partial charge in [-0.25, -0.2) is 4.98 Å². The number of carbonyl (C=O) groups is 2. The minimum atomic E-state index is -0.436. The second-order valence-electron chi connectivity index (χ2n) is 6.66. The number of rotatable bonds is 7. The number of aryl methyl sites for hydroxylation is 1. The lowest BCUT2D eigenvalue weighted by Gasteiger charge is -2.22. The first-order valence-corrected chi connectivity index (χ1v) is 10.1. The van der Waals surface area contributed by atoms with Crippen LogP contribution in [0, 0.1) is 0 Å². The van der Waals surface area contributed by atoms with E-state index in [9.17, 15) is 9.59 Å². The molecule has 2 aromatic rings. The number of nitrogens with zero attached hydrogens (tertiary/aromatic N) is 1. The fourth-order valence-corrected chi connectivity index (χ4v) is 3.64. The zero-order valence-electron chi connectivity index (χ0n) is 15.1. The van der Waals surface area contributed by atoms with Gasteiger partial charge in [0.1, 0.15) is 0 Å². The van der Waals surface area contributed by atoms with Gasteiger partial charge in [-0.3, -0.25) is 9.59 Å². The highest BCUT2D eigenvalue weighted by Gasteiger charge is 2.17. The molecule has 1 saturated carbocycles. The van der Waals surface area contributed by atoms with Gasteiger partial charge in [-0.15, -0.1) is 0 Å². The van der Waals surface area contributed by atoms with E-state index in [2.05, 4.69) is 26.2 Å². The Morgan fingerprint density at radius 3 is 2.78 bits per heavy atom. The first-order valence-electron chi connectivity index (χ1n) is 9.26. The minimum absolute atomic E-state index is 0.118. The molecule has 144 valence electrons. The molecule has 0 saturated heterocycles. The normalized spacial score (nSPS) is 14.7. The first kappa shape index (κ1) is 19.6. The van der Waals surface area contributed by atoms with Crippen LogP contribution in [0.1, 0.15) is 44.4 Å². The molecule has 27 heavy (non-hydrogen) atoms. The molecule has 0 aliphatic heterocycles. The summed E-state index contributed by atoms with van der Waals surface area (Å²) in [6.07, 6.45) is 7.60. The molecule has 1 aromatic heterocycles. The van der Waals surface area contributed by atoms with E-state index in [1.165, 1.54) is 6.42 Å². The Hall–Kier alpha value is -2.15. The van der Waals surface area contributed by atoms with Gasteiger partial charge in [-0.2, -0.15) is 0 Å². The maximum Gasteiger partial charge on any atom is 0.306 e. The summed E-state index contributed by atoms with van der Waals surface area (Å²) in [4.78, 5) is 27.9. The summed E-state index contributed by atoms with van der Waals surface area (Å²) in [5.74, 6) is 0.430. The average Bonchev–Trinajstić information content (AvgIpc) is 3.15. The van der Waals surface area contributed by atoms with Crippen LogP contribution in [0.15, 0.2) is 39.4 Å². The predicted octanol–water partition coefficient (Wildman–Crippen LogP) is 4.03. The van der Waals surface area contributed by atoms with Gasteiger partial charge in [0.25, 0.3) is 5.91 Å². The largest absolute Gasteiger partial charge is 0.456 e. The van der Waals surface area contributed by atoms with Gasteiger partial charge < -0.3 is 14.5 Å². The second kappa shape index (κ2) is 9.69. The third-order valence-electron chi connectivity index (χ3n) is 4.57. The van der Waals surface area contributed by atoms with Crippen molar-refractivity contribution in [3.8, 4) is 11.3 Å². The third-order valence-corrected chi connectivity index (χ3v) is 5.26. The lowest BCUT2D eigenvalue weighted by molar-refractivity contribution is -0.148. The van der Waals surface area contributed by atoms with Gasteiger partial charge in [-0.05, 0) is 18.9 Å². The number of esters is 1. The van der Waals surface area contributed by atoms with Crippen LogP contribution in [0.25, 0.3) is 11.3 Å². The zero-order chi connectivity index (χ0) is 19.1. The van der Waals surface area contributed by atoms with Crippen LogP contribution in [0.2, 0.25) is 0 Å². The topological polar surface area (TPSA) is 81.4 Å². The number of hydrogen-bond acceptors (Lipinski definition) is 5. The van der Waals surface area contributed by atoms with Crippen LogP contribution < -0.4 is 5.32 Å². The molecule has 3 rings (SSSR count). The molecule has 0 unspecified atom stereocenters. The number of hydrogen-bond donors (Lipinski definition) is 1. The molecule has 6 nitrogen and oxygen atoms in total. The average molecular weight is 435 g/mol. The lowest BCUT2D eigenvalue weighted by Crippen LogP contribution is -2.38. The van der Waals surface area contributed by atoms with Crippen molar-refractivity contribution in [2.24, 2.45) is 0 Å². The van der Waals surface area contributed by atoms with Crippen molar-refractivity contribution in [1.29, 1.82) is 0 Å². The molecule has 0 radical (unpaired) electrons. The van der Waals surface area contributed by atoms with Crippen LogP contribution in [0.5, 0.6) is 0 Å². The van der Waals surface area contributed by atoms with Crippen molar-refractivity contribution in [2.45, 2.75) is 51.0 Å². The summed E-state index contributed by atoms with van der Waals surface area (Å²) in [5, 5.41) is 2.92. The van der Waals surface area contributed by atoms with Gasteiger partial charge >= 0.3 is 5.97 Å². The fourth-order valence-electron chi connectivity index (χ4n) is 3.15. The predicted molar refractivity (Wildman–Crippen MR) is 104 cm³/mol. The Balaban J connectivity index is 1.40. The molecule has 0 bridgehead atoms. The van der Waals surface area contributed by atoms with Crippen LogP contribution in [0.3, 0.4) is 0 Å². The highest BCUT2D eigenvalue weighted by molar-refractivity contribution is 9.10. The number of nitrogens with one attached hydrogen (secondary N) is 1. The second-order valence-corrected chi connectivity index (χ2v) is 7.52. The van der Waals surface area contributed by atoms with Crippen molar-refractivity contribution in [1.82, 2.24) is 10.3 Å². The summed E-state index contributed by atoms with van der Waals surface area (Å²) in [7, 11) is 0. The van der Waals surface area contributed by atoms with E-state index in [4.69, 9.17) is 9.15 Å². The molecule has 1 amide bonds. The van der Waals surface area contributed by atoms with Crippen LogP contribution in [0.4, 0.5) is 0 Å². The highest BCUT2D eigenvalue weighted by atomic mass is 79.9. The summed E-state index contributed by atoms with van der Waals surface area (Å²) in [5.41, 5.74) is 0.901. The number of oxazole rings is 1. The van der Waals surface area contributed by atoms with Crippen molar-refractivity contribution < 1.29 is 18.7 Å². The van der Waals surface area contributed by atoms with Crippen molar-refractivity contribution in [2.75, 3.05) is 6.61 Å². The molecule has 1 N–H and O–H groups in total. The summed E-state index contributed by atoms with van der Waals surface area (Å²) in [6.45, 7) is -0.233. The van der Waals surface area contributed by atoms with E-state index in [0.717, 1.165) is 35.7 Å². The fraction of sp³-hybridized carbons (Fsp3) is 0.450. The molecule has 0 spiro atoms. The van der Waals surface area contributed by atoms with Gasteiger partial charge in [-0.1, -0.05) is 53.4 Å². The highest BCUT2D eigenvalue weighted by Crippen LogP contribution is 2.28. The maximum atomic E-state index is 11.9. The van der Waals surface area contributed by atoms with Gasteiger partial charge in [0.2, 0.25) is 0 Å². The van der Waals surface area contributed by atoms with Gasteiger partial charge in [0, 0.05) is 22.5 Å². The summed E-state index contributed by atoms with van der Waals surface area (Å²) in [6, 6.07) is 7.90. The number of halogens is 1. The van der Waals surface area contributed by atoms with Crippen LogP contribution >= 0.6 is 15.9 Å². The number of ether oxygens (including phenoxy) is 1. The molecule has 1 aliphatic rings. The van der Waals surface area contributed by atoms with E-state index >= 15 is 0 Å². The Labute approximate surface area is 166 Å². The molecular weight excluding hydrogens is 412 g/mol. The summed E-state index contributed by atoms with van der Waals surface area (Å²) < 4.78 is 11.7. The molecule has 0 atom stereocenters. The van der Waals surface area contributed by atoms with E-state index in [-0.39, 0.29) is 25.0 Å². The number of aromatic nitrogens is 1. The zero-order valence-corrected chi connectivity index (χ0v) is 16.7. The van der Waals surface area contributed by atoms with Gasteiger partial charge in [0.05, 0.1) is 12.6 Å². The van der Waals surface area contributed by atoms with Crippen molar-refractivity contribution in [3.63, 3.8) is 0 Å². The van der Waals surface area contributed by atoms with Crippen molar-refractivity contribution in [3.05, 3.63) is 40.8 Å². The van der Waals surface area contributed by atoms with Crippen molar-refractivity contribution >= 4 is 27.8 Å². The quantitative estimate of drug-likeness (QED) is 0.665. The Morgan fingerprint density at radius 1 is 1.22 bits per heavy atom. The molecular formula is C20H23BrN2O4. The van der Waals surface area contributed by atoms with E-state index in [0.29, 0.717) is 18.1 Å². The van der Waals surface area contributed by atoms with E-state index < -0.39 is 5.97 Å². The Kier molecular flexibility index (Phi) is 7.04. The van der Waals surface area contributed by atoms with E-state index in [1.54, 1.807) is 6.20 Å². The Bertz CT molecular complexity index is 784. The lowest BCUT2D eigenvalue weighted by atomic mass is 9.95. The standard InChI is InChI=1S/C20H23BrN2O4/c21-16-9-5-4-8-15(16)17-12-22-19(27-17)10-11-20(25)26-13-18(24)23-14-6-2-1-3-7-14/h4-5,8-9,12,14H,1-3,6-7,10-11,13H2,(H,23,24). The first-order chi connectivity index (χ1) is 13.1. The van der Waals surface area contributed by atoms with E-state index in [1.807, 2.05) is 24.3 Å². The molecule has 1 heterocycles. The minimum Gasteiger partial charge on any atom is -0.456 e. The molecule has 1 aliphatic carbocycles. The number of amides is 1. The maximum absolute atomic E-state index is 11.9. The Morgan fingerprint density at radius 2 is 2.00 bits per heavy atom. The smallest absolute Gasteiger partial charge is 0.306 e. The van der Waals surface area contributed by atoms with Crippen LogP contribution in [-0.2, 0) is 20.7 Å². The molecule has 1 aromatic carbocycles.